The van der Waals surface area contributed by atoms with Crippen LogP contribution < -0.4 is 0 Å². The molecule has 0 aliphatic carbocycles. The average molecular weight is 827 g/mol. The lowest BCUT2D eigenvalue weighted by atomic mass is 9.98. The van der Waals surface area contributed by atoms with Crippen molar-refractivity contribution < 1.29 is 4.42 Å². The molecule has 288 valence electrons. The van der Waals surface area contributed by atoms with Gasteiger partial charge >= 0.3 is 0 Å². The van der Waals surface area contributed by atoms with Crippen molar-refractivity contribution in [3.63, 3.8) is 0 Å². The number of thiophene rings is 2. The van der Waals surface area contributed by atoms with Crippen molar-refractivity contribution in [3.8, 4) is 51.0 Å². The second-order valence-corrected chi connectivity index (χ2v) is 18.0. The highest BCUT2D eigenvalue weighted by Crippen LogP contribution is 2.52. The molecule has 5 nitrogen and oxygen atoms in total. The first kappa shape index (κ1) is 34.0. The summed E-state index contributed by atoms with van der Waals surface area (Å²) in [6, 6.07) is 64.5. The average Bonchev–Trinajstić information content (AvgIpc) is 3.98. The number of hydrogen-bond donors (Lipinski definition) is 0. The van der Waals surface area contributed by atoms with Gasteiger partial charge in [-0.3, -0.25) is 0 Å². The Balaban J connectivity index is 1.03. The molecular weight excluding hydrogens is 797 g/mol. The van der Waals surface area contributed by atoms with Gasteiger partial charge in [-0.2, -0.15) is 0 Å². The van der Waals surface area contributed by atoms with Gasteiger partial charge in [-0.1, -0.05) is 121 Å². The monoisotopic (exact) mass is 826 g/mol. The molecule has 9 aromatic carbocycles. The fourth-order valence-electron chi connectivity index (χ4n) is 9.62. The highest BCUT2D eigenvalue weighted by atomic mass is 32.1. The topological polar surface area (TPSA) is 56.7 Å². The minimum Gasteiger partial charge on any atom is -0.455 e. The molecule has 0 aliphatic rings. The van der Waals surface area contributed by atoms with Gasteiger partial charge in [0.2, 0.25) is 0 Å². The van der Waals surface area contributed by atoms with Crippen LogP contribution in [0.25, 0.3) is 135 Å². The first-order valence-electron chi connectivity index (χ1n) is 20.7. The zero-order valence-corrected chi connectivity index (χ0v) is 34.5. The summed E-state index contributed by atoms with van der Waals surface area (Å²) in [6.07, 6.45) is 0. The summed E-state index contributed by atoms with van der Waals surface area (Å²) in [4.78, 5) is 15.8. The van der Waals surface area contributed by atoms with E-state index in [2.05, 4.69) is 168 Å². The molecule has 7 heteroatoms. The third-order valence-corrected chi connectivity index (χ3v) is 14.7. The van der Waals surface area contributed by atoms with E-state index in [1.54, 1.807) is 11.3 Å². The van der Waals surface area contributed by atoms with E-state index in [9.17, 15) is 0 Å². The zero-order valence-electron chi connectivity index (χ0n) is 32.8. The van der Waals surface area contributed by atoms with E-state index in [0.29, 0.717) is 17.5 Å². The third kappa shape index (κ3) is 4.92. The van der Waals surface area contributed by atoms with Crippen LogP contribution in [0, 0.1) is 0 Å². The number of hydrogen-bond acceptors (Lipinski definition) is 6. The van der Waals surface area contributed by atoms with Gasteiger partial charge in [-0.15, -0.1) is 22.7 Å². The predicted molar refractivity (Wildman–Crippen MR) is 260 cm³/mol. The van der Waals surface area contributed by atoms with Crippen LogP contribution >= 0.6 is 22.7 Å². The Morgan fingerprint density at radius 2 is 1.06 bits per heavy atom. The lowest BCUT2D eigenvalue weighted by Crippen LogP contribution is -2.00. The Kier molecular flexibility index (Phi) is 7.08. The normalized spacial score (nSPS) is 12.2. The quantitative estimate of drug-likeness (QED) is 0.173. The smallest absolute Gasteiger partial charge is 0.165 e. The number of nitrogens with zero attached hydrogens (tertiary/aromatic N) is 4. The highest BCUT2D eigenvalue weighted by molar-refractivity contribution is 7.28. The van der Waals surface area contributed by atoms with Crippen LogP contribution in [0.15, 0.2) is 186 Å². The van der Waals surface area contributed by atoms with E-state index < -0.39 is 0 Å². The highest BCUT2D eigenvalue weighted by Gasteiger charge is 2.25. The Morgan fingerprint density at radius 3 is 1.89 bits per heavy atom. The summed E-state index contributed by atoms with van der Waals surface area (Å²) in [5, 5.41) is 9.44. The van der Waals surface area contributed by atoms with Crippen LogP contribution in [-0.4, -0.2) is 19.5 Å². The van der Waals surface area contributed by atoms with Crippen LogP contribution in [0.4, 0.5) is 0 Å². The minimum absolute atomic E-state index is 0.620. The molecule has 0 saturated heterocycles. The maximum atomic E-state index is 7.23. The van der Waals surface area contributed by atoms with Crippen molar-refractivity contribution in [2.75, 3.05) is 0 Å². The number of rotatable bonds is 5. The van der Waals surface area contributed by atoms with Crippen molar-refractivity contribution >= 4 is 107 Å². The molecule has 0 saturated carbocycles. The van der Waals surface area contributed by atoms with Crippen molar-refractivity contribution in [3.05, 3.63) is 182 Å². The van der Waals surface area contributed by atoms with Gasteiger partial charge in [0.25, 0.3) is 0 Å². The Morgan fingerprint density at radius 1 is 0.403 bits per heavy atom. The van der Waals surface area contributed by atoms with Crippen molar-refractivity contribution in [1.82, 2.24) is 19.5 Å². The van der Waals surface area contributed by atoms with Crippen molar-refractivity contribution in [2.24, 2.45) is 0 Å². The van der Waals surface area contributed by atoms with Gasteiger partial charge in [0.05, 0.1) is 15.7 Å². The Bertz CT molecular complexity index is 4090. The summed E-state index contributed by atoms with van der Waals surface area (Å²) in [5.74, 6) is 1.87. The second kappa shape index (κ2) is 12.9. The van der Waals surface area contributed by atoms with E-state index in [4.69, 9.17) is 19.4 Å². The van der Waals surface area contributed by atoms with E-state index >= 15 is 0 Å². The van der Waals surface area contributed by atoms with Gasteiger partial charge in [-0.25, -0.2) is 15.0 Å². The first-order valence-corrected chi connectivity index (χ1v) is 22.3. The summed E-state index contributed by atoms with van der Waals surface area (Å²) < 4.78 is 14.4. The lowest BCUT2D eigenvalue weighted by molar-refractivity contribution is 0.668. The molecule has 0 aliphatic heterocycles. The van der Waals surface area contributed by atoms with E-state index in [-0.39, 0.29) is 0 Å². The molecule has 0 atom stereocenters. The molecule has 0 fully saturated rings. The summed E-state index contributed by atoms with van der Waals surface area (Å²) >= 11 is 3.62. The maximum Gasteiger partial charge on any atom is 0.165 e. The lowest BCUT2D eigenvalue weighted by Gasteiger charge is -2.11. The predicted octanol–water partition coefficient (Wildman–Crippen LogP) is 15.7. The number of para-hydroxylation sites is 2. The van der Waals surface area contributed by atoms with E-state index in [0.717, 1.165) is 60.0 Å². The summed E-state index contributed by atoms with van der Waals surface area (Å²) in [7, 11) is 0. The third-order valence-electron chi connectivity index (χ3n) is 12.4. The molecule has 0 bridgehead atoms. The first-order chi connectivity index (χ1) is 30.7. The van der Waals surface area contributed by atoms with E-state index in [1.165, 1.54) is 57.5 Å². The molecule has 62 heavy (non-hydrogen) atoms. The molecular formula is C55H30N4OS2. The molecule has 14 aromatic rings. The molecule has 0 amide bonds. The maximum absolute atomic E-state index is 7.23. The van der Waals surface area contributed by atoms with Crippen LogP contribution in [0.3, 0.4) is 0 Å². The van der Waals surface area contributed by atoms with Crippen molar-refractivity contribution in [1.29, 1.82) is 0 Å². The van der Waals surface area contributed by atoms with Crippen LogP contribution in [-0.2, 0) is 0 Å². The second-order valence-electron chi connectivity index (χ2n) is 15.9. The van der Waals surface area contributed by atoms with Crippen LogP contribution in [0.2, 0.25) is 0 Å². The van der Waals surface area contributed by atoms with Crippen LogP contribution in [0.1, 0.15) is 0 Å². The van der Waals surface area contributed by atoms with E-state index in [1.807, 2.05) is 29.5 Å². The molecule has 0 N–H and O–H groups in total. The summed E-state index contributed by atoms with van der Waals surface area (Å²) in [6.45, 7) is 0. The fraction of sp³-hybridized carbons (Fsp3) is 0. The largest absolute Gasteiger partial charge is 0.455 e. The zero-order chi connectivity index (χ0) is 40.5. The molecule has 0 radical (unpaired) electrons. The van der Waals surface area contributed by atoms with Gasteiger partial charge < -0.3 is 8.98 Å². The van der Waals surface area contributed by atoms with Gasteiger partial charge in [0.1, 0.15) is 11.2 Å². The minimum atomic E-state index is 0.620. The molecule has 0 spiro atoms. The number of fused-ring (bicyclic) bond motifs is 5. The number of aromatic nitrogens is 4. The molecule has 14 rings (SSSR count). The van der Waals surface area contributed by atoms with Gasteiger partial charge in [0.15, 0.2) is 17.5 Å². The Labute approximate surface area is 361 Å². The standard InChI is InChI=1S/C55H30N4OS2/c1-4-12-31(13-5-1)33-20-21-34-30-46-50-49-44(61-46)26-27-45-48(49)47-43(60-51(50)40(34)28-33)25-24-39(52(47)62-45)55-57-53(32-14-6-2-7-15-32)56-54(58-55)35-22-23-38-37-18-10-11-19-41(37)59(42(38)29-35)36-16-8-3-9-17-36/h1-30H. The molecule has 5 aromatic heterocycles. The van der Waals surface area contributed by atoms with Crippen LogP contribution in [0.5, 0.6) is 0 Å². The Hall–Kier alpha value is -7.71. The summed E-state index contributed by atoms with van der Waals surface area (Å²) in [5.41, 5.74) is 10.3. The van der Waals surface area contributed by atoms with Gasteiger partial charge in [0, 0.05) is 74.2 Å². The SMILES string of the molecule is c1ccc(-c2ccc3cc4sc5ccc6sc7c(-c8nc(-c9ccccc9)nc(-c9ccc%10c%11ccccc%11n(-c%11ccccc%11)c%10c9)n8)ccc8oc(c3c2)c4c5c6c87)cc1. The number of benzene rings is 9. The fourth-order valence-corrected chi connectivity index (χ4v) is 12.0. The van der Waals surface area contributed by atoms with Crippen molar-refractivity contribution in [2.45, 2.75) is 0 Å². The van der Waals surface area contributed by atoms with Gasteiger partial charge in [-0.05, 0) is 77.2 Å². The molecule has 0 unspecified atom stereocenters. The molecule has 5 heterocycles.